The van der Waals surface area contributed by atoms with Crippen molar-refractivity contribution < 1.29 is 24.0 Å². The van der Waals surface area contributed by atoms with Crippen molar-refractivity contribution >= 4 is 35.3 Å². The smallest absolute Gasteiger partial charge is 0.329 e. The van der Waals surface area contributed by atoms with Crippen molar-refractivity contribution in [2.75, 3.05) is 11.9 Å². The van der Waals surface area contributed by atoms with E-state index in [-0.39, 0.29) is 30.4 Å². The number of amides is 4. The first-order valence-electron chi connectivity index (χ1n) is 11.4. The molecule has 0 atom stereocenters. The minimum absolute atomic E-state index is 0.0290. The number of hydrogen-bond acceptors (Lipinski definition) is 6. The Morgan fingerprint density at radius 3 is 2.51 bits per heavy atom. The lowest BCUT2D eigenvalue weighted by molar-refractivity contribution is -0.384. The van der Waals surface area contributed by atoms with Crippen molar-refractivity contribution in [3.8, 4) is 5.75 Å². The topological polar surface area (TPSA) is 131 Å². The summed E-state index contributed by atoms with van der Waals surface area (Å²) in [6.07, 6.45) is 1.51. The Balaban J connectivity index is 1.38. The van der Waals surface area contributed by atoms with E-state index in [1.807, 2.05) is 32.0 Å². The Morgan fingerprint density at radius 2 is 1.81 bits per heavy atom. The van der Waals surface area contributed by atoms with Crippen LogP contribution in [0, 0.1) is 24.0 Å². The fourth-order valence-corrected chi connectivity index (χ4v) is 3.65. The number of carbonyl (C=O) groups is 3. The van der Waals surface area contributed by atoms with Gasteiger partial charge in [0.1, 0.15) is 11.4 Å². The molecule has 188 valence electrons. The van der Waals surface area contributed by atoms with Crippen molar-refractivity contribution in [3.63, 3.8) is 0 Å². The van der Waals surface area contributed by atoms with Crippen molar-refractivity contribution in [2.24, 2.45) is 0 Å². The normalized spacial score (nSPS) is 14.0. The molecule has 37 heavy (non-hydrogen) atoms. The lowest BCUT2D eigenvalue weighted by atomic mass is 10.1. The second kappa shape index (κ2) is 10.7. The van der Waals surface area contributed by atoms with Crippen LogP contribution in [0.1, 0.15) is 22.3 Å². The molecule has 0 aliphatic carbocycles. The van der Waals surface area contributed by atoms with Crippen LogP contribution >= 0.6 is 0 Å². The summed E-state index contributed by atoms with van der Waals surface area (Å²) in [7, 11) is 0. The Hall–Kier alpha value is -4.99. The zero-order chi connectivity index (χ0) is 26.5. The SMILES string of the molecule is Cc1ccc(NC(=O)COc2cccc(/C=C3\NC(=O)N(Cc4ccc([N+](=O)[O-])cc4)C3=O)c2)cc1C. The molecule has 0 radical (unpaired) electrons. The van der Waals surface area contributed by atoms with Crippen LogP contribution < -0.4 is 15.4 Å². The maximum atomic E-state index is 12.8. The van der Waals surface area contributed by atoms with Crippen LogP contribution in [0.15, 0.2) is 72.4 Å². The quantitative estimate of drug-likeness (QED) is 0.205. The van der Waals surface area contributed by atoms with E-state index in [1.165, 1.54) is 30.3 Å². The molecule has 3 aromatic carbocycles. The molecule has 1 fully saturated rings. The summed E-state index contributed by atoms with van der Waals surface area (Å²) < 4.78 is 5.60. The molecule has 1 heterocycles. The lowest BCUT2D eigenvalue weighted by Gasteiger charge is -2.11. The first-order chi connectivity index (χ1) is 17.7. The number of imide groups is 1. The molecule has 0 saturated carbocycles. The number of rotatable bonds is 8. The minimum Gasteiger partial charge on any atom is -0.484 e. The molecule has 4 rings (SSSR count). The summed E-state index contributed by atoms with van der Waals surface area (Å²) in [5.74, 6) is -0.418. The summed E-state index contributed by atoms with van der Waals surface area (Å²) in [4.78, 5) is 48.8. The third-order valence-electron chi connectivity index (χ3n) is 5.78. The molecule has 1 aliphatic heterocycles. The number of benzene rings is 3. The molecular formula is C27H24N4O6. The van der Waals surface area contributed by atoms with Crippen molar-refractivity contribution in [1.82, 2.24) is 10.2 Å². The Bertz CT molecular complexity index is 1410. The van der Waals surface area contributed by atoms with Gasteiger partial charge in [0, 0.05) is 17.8 Å². The van der Waals surface area contributed by atoms with E-state index in [0.29, 0.717) is 22.6 Å². The highest BCUT2D eigenvalue weighted by molar-refractivity contribution is 6.13. The summed E-state index contributed by atoms with van der Waals surface area (Å²) in [6.45, 7) is 3.73. The molecule has 0 spiro atoms. The first kappa shape index (κ1) is 25.1. The minimum atomic E-state index is -0.593. The van der Waals surface area contributed by atoms with E-state index in [1.54, 1.807) is 24.3 Å². The average molecular weight is 501 g/mol. The van der Waals surface area contributed by atoms with E-state index >= 15 is 0 Å². The van der Waals surface area contributed by atoms with Crippen LogP contribution in [0.5, 0.6) is 5.75 Å². The largest absolute Gasteiger partial charge is 0.484 e. The van der Waals surface area contributed by atoms with Gasteiger partial charge in [-0.3, -0.25) is 24.6 Å². The molecule has 1 saturated heterocycles. The second-order valence-electron chi connectivity index (χ2n) is 8.51. The number of anilines is 1. The number of nitro benzene ring substituents is 1. The van der Waals surface area contributed by atoms with Crippen molar-refractivity contribution in [2.45, 2.75) is 20.4 Å². The molecule has 2 N–H and O–H groups in total. The van der Waals surface area contributed by atoms with Crippen LogP contribution in [0.4, 0.5) is 16.2 Å². The van der Waals surface area contributed by atoms with E-state index in [4.69, 9.17) is 4.74 Å². The number of nitro groups is 1. The van der Waals surface area contributed by atoms with Gasteiger partial charge in [-0.1, -0.05) is 30.3 Å². The van der Waals surface area contributed by atoms with Gasteiger partial charge in [-0.05, 0) is 66.4 Å². The summed E-state index contributed by atoms with van der Waals surface area (Å²) in [6, 6.07) is 17.4. The van der Waals surface area contributed by atoms with Gasteiger partial charge in [-0.2, -0.15) is 0 Å². The van der Waals surface area contributed by atoms with E-state index in [0.717, 1.165) is 16.0 Å². The molecule has 3 aromatic rings. The summed E-state index contributed by atoms with van der Waals surface area (Å²) in [5.41, 5.74) is 4.05. The highest BCUT2D eigenvalue weighted by Gasteiger charge is 2.33. The highest BCUT2D eigenvalue weighted by atomic mass is 16.6. The molecule has 0 unspecified atom stereocenters. The molecule has 0 bridgehead atoms. The summed E-state index contributed by atoms with van der Waals surface area (Å²) in [5, 5.41) is 16.1. The van der Waals surface area contributed by atoms with E-state index in [2.05, 4.69) is 10.6 Å². The predicted molar refractivity (Wildman–Crippen MR) is 137 cm³/mol. The molecule has 4 amide bonds. The third-order valence-corrected chi connectivity index (χ3v) is 5.78. The maximum absolute atomic E-state index is 12.8. The van der Waals surface area contributed by atoms with Gasteiger partial charge in [-0.25, -0.2) is 4.79 Å². The highest BCUT2D eigenvalue weighted by Crippen LogP contribution is 2.21. The van der Waals surface area contributed by atoms with Gasteiger partial charge in [0.25, 0.3) is 17.5 Å². The van der Waals surface area contributed by atoms with Gasteiger partial charge in [0.05, 0.1) is 11.5 Å². The van der Waals surface area contributed by atoms with Crippen molar-refractivity contribution in [1.29, 1.82) is 0 Å². The van der Waals surface area contributed by atoms with Crippen LogP contribution in [-0.2, 0) is 16.1 Å². The standard InChI is InChI=1S/C27H24N4O6/c1-17-6-9-21(12-18(17)2)28-25(32)16-37-23-5-3-4-20(13-23)14-24-26(33)30(27(34)29-24)15-19-7-10-22(11-8-19)31(35)36/h3-14H,15-16H2,1-2H3,(H,28,32)(H,29,34)/b24-14-. The van der Waals surface area contributed by atoms with Crippen LogP contribution in [0.25, 0.3) is 6.08 Å². The monoisotopic (exact) mass is 500 g/mol. The number of aryl methyl sites for hydroxylation is 2. The fraction of sp³-hybridized carbons (Fsp3) is 0.148. The number of urea groups is 1. The number of hydrogen-bond donors (Lipinski definition) is 2. The average Bonchev–Trinajstić information content (AvgIpc) is 3.13. The molecule has 10 nitrogen and oxygen atoms in total. The van der Waals surface area contributed by atoms with Gasteiger partial charge >= 0.3 is 6.03 Å². The Morgan fingerprint density at radius 1 is 1.05 bits per heavy atom. The third kappa shape index (κ3) is 6.17. The Labute approximate surface area is 212 Å². The number of non-ortho nitro benzene ring substituents is 1. The molecule has 0 aromatic heterocycles. The maximum Gasteiger partial charge on any atom is 0.329 e. The van der Waals surface area contributed by atoms with E-state index in [9.17, 15) is 24.5 Å². The van der Waals surface area contributed by atoms with Crippen LogP contribution in [-0.4, -0.2) is 34.3 Å². The lowest BCUT2D eigenvalue weighted by Crippen LogP contribution is -2.30. The zero-order valence-electron chi connectivity index (χ0n) is 20.2. The van der Waals surface area contributed by atoms with Crippen molar-refractivity contribution in [3.05, 3.63) is 105 Å². The predicted octanol–water partition coefficient (Wildman–Crippen LogP) is 4.32. The molecule has 10 heteroatoms. The Kier molecular flexibility index (Phi) is 7.28. The van der Waals surface area contributed by atoms with Crippen LogP contribution in [0.2, 0.25) is 0 Å². The van der Waals surface area contributed by atoms with Gasteiger partial charge < -0.3 is 15.4 Å². The number of carbonyl (C=O) groups excluding carboxylic acids is 3. The fourth-order valence-electron chi connectivity index (χ4n) is 3.65. The first-order valence-corrected chi connectivity index (χ1v) is 11.4. The second-order valence-corrected chi connectivity index (χ2v) is 8.51. The number of nitrogens with zero attached hydrogens (tertiary/aromatic N) is 2. The number of ether oxygens (including phenoxy) is 1. The molecule has 1 aliphatic rings. The van der Waals surface area contributed by atoms with Gasteiger partial charge in [0.15, 0.2) is 6.61 Å². The van der Waals surface area contributed by atoms with Gasteiger partial charge in [-0.15, -0.1) is 0 Å². The van der Waals surface area contributed by atoms with Gasteiger partial charge in [0.2, 0.25) is 0 Å². The van der Waals surface area contributed by atoms with E-state index < -0.39 is 16.9 Å². The van der Waals surface area contributed by atoms with Crippen LogP contribution in [0.3, 0.4) is 0 Å². The number of nitrogens with one attached hydrogen (secondary N) is 2. The summed E-state index contributed by atoms with van der Waals surface area (Å²) >= 11 is 0. The molecular weight excluding hydrogens is 476 g/mol. The zero-order valence-corrected chi connectivity index (χ0v) is 20.2.